The smallest absolute Gasteiger partial charge is 0.337 e. The molecule has 0 bridgehead atoms. The van der Waals surface area contributed by atoms with Gasteiger partial charge in [0.1, 0.15) is 5.76 Å². The molecule has 0 rings (SSSR count). The molecular formula is C9H16O3. The van der Waals surface area contributed by atoms with Crippen molar-refractivity contribution < 1.29 is 14.3 Å². The summed E-state index contributed by atoms with van der Waals surface area (Å²) in [5, 5.41) is 0. The third kappa shape index (κ3) is 3.42. The summed E-state index contributed by atoms with van der Waals surface area (Å²) in [6.07, 6.45) is 0. The lowest BCUT2D eigenvalue weighted by atomic mass is 10.3. The van der Waals surface area contributed by atoms with Crippen LogP contribution in [0, 0.1) is 0 Å². The highest BCUT2D eigenvalue weighted by Crippen LogP contribution is 2.06. The fourth-order valence-electron chi connectivity index (χ4n) is 0.708. The molecule has 0 N–H and O–H groups in total. The maximum Gasteiger partial charge on any atom is 0.337 e. The van der Waals surface area contributed by atoms with Gasteiger partial charge in [0.2, 0.25) is 0 Å². The molecule has 0 spiro atoms. The highest BCUT2D eigenvalue weighted by molar-refractivity contribution is 5.88. The fraction of sp³-hybridized carbons (Fsp3) is 0.667. The molecule has 0 saturated carbocycles. The van der Waals surface area contributed by atoms with Crippen molar-refractivity contribution in [1.29, 1.82) is 0 Å². The summed E-state index contributed by atoms with van der Waals surface area (Å²) in [6.45, 7) is 8.08. The van der Waals surface area contributed by atoms with E-state index in [1.54, 1.807) is 20.8 Å². The van der Waals surface area contributed by atoms with Crippen molar-refractivity contribution in [3.05, 3.63) is 11.3 Å². The predicted octanol–water partition coefficient (Wildman–Crippen LogP) is 1.88. The lowest BCUT2D eigenvalue weighted by Crippen LogP contribution is -2.08. The van der Waals surface area contributed by atoms with Gasteiger partial charge in [-0.15, -0.1) is 0 Å². The van der Waals surface area contributed by atoms with Crippen LogP contribution in [0.25, 0.3) is 0 Å². The van der Waals surface area contributed by atoms with E-state index in [9.17, 15) is 4.79 Å². The lowest BCUT2D eigenvalue weighted by molar-refractivity contribution is -0.138. The van der Waals surface area contributed by atoms with Crippen molar-refractivity contribution in [2.45, 2.75) is 27.7 Å². The van der Waals surface area contributed by atoms with Gasteiger partial charge in [0.25, 0.3) is 0 Å². The van der Waals surface area contributed by atoms with Crippen LogP contribution in [0.3, 0.4) is 0 Å². The molecule has 0 radical (unpaired) electrons. The predicted molar refractivity (Wildman–Crippen MR) is 46.6 cm³/mol. The van der Waals surface area contributed by atoms with Crippen LogP contribution in [-0.4, -0.2) is 19.2 Å². The van der Waals surface area contributed by atoms with E-state index in [1.807, 2.05) is 6.92 Å². The topological polar surface area (TPSA) is 35.5 Å². The fourth-order valence-corrected chi connectivity index (χ4v) is 0.708. The molecule has 0 aliphatic heterocycles. The highest BCUT2D eigenvalue weighted by Gasteiger charge is 2.08. The Morgan fingerprint density at radius 3 is 2.00 bits per heavy atom. The van der Waals surface area contributed by atoms with Crippen LogP contribution in [0.5, 0.6) is 0 Å². The maximum atomic E-state index is 11.1. The number of carbonyl (C=O) groups excluding carboxylic acids is 1. The Balaban J connectivity index is 4.22. The number of ether oxygens (including phenoxy) is 2. The minimum atomic E-state index is -0.302. The van der Waals surface area contributed by atoms with E-state index in [1.165, 1.54) is 0 Å². The maximum absolute atomic E-state index is 11.1. The number of rotatable bonds is 4. The Labute approximate surface area is 73.4 Å². The third-order valence-electron chi connectivity index (χ3n) is 1.47. The number of allylic oxidation sites excluding steroid dienone is 1. The molecule has 0 aromatic heterocycles. The normalized spacial score (nSPS) is 12.0. The molecule has 0 fully saturated rings. The molecule has 0 unspecified atom stereocenters. The van der Waals surface area contributed by atoms with E-state index in [2.05, 4.69) is 0 Å². The molecule has 3 nitrogen and oxygen atoms in total. The average molecular weight is 172 g/mol. The second kappa shape index (κ2) is 5.63. The summed E-state index contributed by atoms with van der Waals surface area (Å²) < 4.78 is 9.94. The zero-order valence-electron chi connectivity index (χ0n) is 8.14. The highest BCUT2D eigenvalue weighted by atomic mass is 16.5. The molecule has 0 atom stereocenters. The van der Waals surface area contributed by atoms with Crippen molar-refractivity contribution in [3.63, 3.8) is 0 Å². The Morgan fingerprint density at radius 2 is 1.58 bits per heavy atom. The number of hydrogen-bond acceptors (Lipinski definition) is 3. The van der Waals surface area contributed by atoms with Gasteiger partial charge in [-0.05, 0) is 27.7 Å². The summed E-state index contributed by atoms with van der Waals surface area (Å²) in [5.74, 6) is 0.333. The van der Waals surface area contributed by atoms with Gasteiger partial charge >= 0.3 is 5.97 Å². The van der Waals surface area contributed by atoms with Crippen molar-refractivity contribution >= 4 is 5.97 Å². The van der Waals surface area contributed by atoms with Gasteiger partial charge < -0.3 is 9.47 Å². The summed E-state index contributed by atoms with van der Waals surface area (Å²) in [6, 6.07) is 0. The molecule has 0 amide bonds. The third-order valence-corrected chi connectivity index (χ3v) is 1.47. The molecule has 70 valence electrons. The molecule has 0 heterocycles. The molecule has 12 heavy (non-hydrogen) atoms. The first kappa shape index (κ1) is 11.0. The van der Waals surface area contributed by atoms with E-state index in [0.717, 1.165) is 0 Å². The standard InChI is InChI=1S/C9H16O3/c1-5-11-8(4)7(3)9(10)12-6-2/h5-6H2,1-4H3/b8-7-. The first-order valence-electron chi connectivity index (χ1n) is 4.10. The average Bonchev–Trinajstić information content (AvgIpc) is 2.04. The molecule has 0 aromatic carbocycles. The quantitative estimate of drug-likeness (QED) is 0.369. The largest absolute Gasteiger partial charge is 0.498 e. The van der Waals surface area contributed by atoms with Gasteiger partial charge in [-0.1, -0.05) is 0 Å². The minimum absolute atomic E-state index is 0.302. The Morgan fingerprint density at radius 1 is 1.08 bits per heavy atom. The molecule has 0 aliphatic rings. The minimum Gasteiger partial charge on any atom is -0.498 e. The first-order valence-corrected chi connectivity index (χ1v) is 4.10. The van der Waals surface area contributed by atoms with Gasteiger partial charge in [0.15, 0.2) is 0 Å². The van der Waals surface area contributed by atoms with Crippen molar-refractivity contribution in [2.75, 3.05) is 13.2 Å². The zero-order valence-corrected chi connectivity index (χ0v) is 8.14. The van der Waals surface area contributed by atoms with Crippen molar-refractivity contribution in [3.8, 4) is 0 Å². The molecule has 0 aliphatic carbocycles. The molecule has 0 aromatic rings. The van der Waals surface area contributed by atoms with Crippen LogP contribution in [-0.2, 0) is 14.3 Å². The van der Waals surface area contributed by atoms with Crippen LogP contribution in [0.15, 0.2) is 11.3 Å². The lowest BCUT2D eigenvalue weighted by Gasteiger charge is -2.07. The monoisotopic (exact) mass is 172 g/mol. The van der Waals surface area contributed by atoms with E-state index in [-0.39, 0.29) is 5.97 Å². The number of hydrogen-bond donors (Lipinski definition) is 0. The van der Waals surface area contributed by atoms with Gasteiger partial charge in [-0.25, -0.2) is 4.79 Å². The Bertz CT molecular complexity index is 182. The van der Waals surface area contributed by atoms with Gasteiger partial charge in [-0.2, -0.15) is 0 Å². The van der Waals surface area contributed by atoms with Crippen molar-refractivity contribution in [2.24, 2.45) is 0 Å². The summed E-state index contributed by atoms with van der Waals surface area (Å²) in [4.78, 5) is 11.1. The second-order valence-corrected chi connectivity index (χ2v) is 2.33. The summed E-state index contributed by atoms with van der Waals surface area (Å²) in [7, 11) is 0. The van der Waals surface area contributed by atoms with E-state index < -0.39 is 0 Å². The van der Waals surface area contributed by atoms with Crippen LogP contribution in [0.4, 0.5) is 0 Å². The van der Waals surface area contributed by atoms with Crippen LogP contribution in [0.2, 0.25) is 0 Å². The van der Waals surface area contributed by atoms with Crippen LogP contribution in [0.1, 0.15) is 27.7 Å². The van der Waals surface area contributed by atoms with Crippen LogP contribution < -0.4 is 0 Å². The molecular weight excluding hydrogens is 156 g/mol. The second-order valence-electron chi connectivity index (χ2n) is 2.33. The summed E-state index contributed by atoms with van der Waals surface area (Å²) in [5.41, 5.74) is 0.540. The first-order chi connectivity index (χ1) is 5.63. The Hall–Kier alpha value is -0.990. The molecule has 0 saturated heterocycles. The van der Waals surface area contributed by atoms with E-state index in [4.69, 9.17) is 9.47 Å². The molecule has 3 heteroatoms. The van der Waals surface area contributed by atoms with Gasteiger partial charge in [0, 0.05) is 0 Å². The van der Waals surface area contributed by atoms with Gasteiger partial charge in [-0.3, -0.25) is 0 Å². The Kier molecular flexibility index (Phi) is 5.17. The van der Waals surface area contributed by atoms with E-state index >= 15 is 0 Å². The number of esters is 1. The van der Waals surface area contributed by atoms with Crippen molar-refractivity contribution in [1.82, 2.24) is 0 Å². The van der Waals surface area contributed by atoms with Crippen LogP contribution >= 0.6 is 0 Å². The summed E-state index contributed by atoms with van der Waals surface area (Å²) >= 11 is 0. The van der Waals surface area contributed by atoms with Gasteiger partial charge in [0.05, 0.1) is 18.8 Å². The zero-order chi connectivity index (χ0) is 9.56. The number of carbonyl (C=O) groups is 1. The van der Waals surface area contributed by atoms with E-state index in [0.29, 0.717) is 24.5 Å². The SMILES string of the molecule is CCOC(=O)/C(C)=C(/C)OCC.